The molecule has 0 aromatic heterocycles. The number of fused-ring (bicyclic) bond motifs is 1. The molecule has 2 aliphatic heterocycles. The van der Waals surface area contributed by atoms with Gasteiger partial charge < -0.3 is 19.1 Å². The number of rotatable bonds is 9. The minimum absolute atomic E-state index is 0.190. The first-order chi connectivity index (χ1) is 19.0. The molecule has 200 valence electrons. The Labute approximate surface area is 226 Å². The highest BCUT2D eigenvalue weighted by Crippen LogP contribution is 2.27. The Balaban J connectivity index is 1.18. The predicted molar refractivity (Wildman–Crippen MR) is 141 cm³/mol. The first kappa shape index (κ1) is 26.4. The molecule has 0 saturated carbocycles. The Morgan fingerprint density at radius 2 is 1.69 bits per heavy atom. The number of carbonyl (C=O) groups is 2. The minimum Gasteiger partial charge on any atom is -0.494 e. The van der Waals surface area contributed by atoms with E-state index in [2.05, 4.69) is 11.0 Å². The van der Waals surface area contributed by atoms with Crippen molar-refractivity contribution in [2.45, 2.75) is 31.7 Å². The van der Waals surface area contributed by atoms with Crippen LogP contribution >= 0.6 is 0 Å². The van der Waals surface area contributed by atoms with Crippen LogP contribution in [0.4, 0.5) is 10.1 Å². The molecule has 0 N–H and O–H groups in total. The third-order valence-electron chi connectivity index (χ3n) is 6.96. The zero-order chi connectivity index (χ0) is 27.4. The molecular weight excluding hydrogens is 501 g/mol. The second-order valence-electron chi connectivity index (χ2n) is 9.47. The van der Waals surface area contributed by atoms with Crippen LogP contribution in [0.1, 0.15) is 44.7 Å². The van der Waals surface area contributed by atoms with E-state index < -0.39 is 18.1 Å². The lowest BCUT2D eigenvalue weighted by Crippen LogP contribution is -2.49. The highest BCUT2D eigenvalue weighted by atomic mass is 19.1. The van der Waals surface area contributed by atoms with E-state index in [1.54, 1.807) is 42.5 Å². The third-order valence-corrected chi connectivity index (χ3v) is 6.96. The number of methoxy groups -OCH3 is 1. The third kappa shape index (κ3) is 5.62. The first-order valence-corrected chi connectivity index (χ1v) is 12.8. The summed E-state index contributed by atoms with van der Waals surface area (Å²) in [5.41, 5.74) is 3.06. The SMILES string of the molecule is COc1ccc(CN(CCC[C@H]2OC[C@H](N3C(=O)c4ccccc4C3=O)CO2)c2ccc(C#N)cc2)cc1F. The second kappa shape index (κ2) is 11.6. The van der Waals surface area contributed by atoms with Crippen molar-refractivity contribution in [3.05, 3.63) is 94.8 Å². The number of imide groups is 1. The number of nitrogens with zero attached hydrogens (tertiary/aromatic N) is 3. The maximum atomic E-state index is 14.3. The van der Waals surface area contributed by atoms with E-state index in [0.29, 0.717) is 42.6 Å². The van der Waals surface area contributed by atoms with Crippen molar-refractivity contribution < 1.29 is 28.2 Å². The van der Waals surface area contributed by atoms with Crippen molar-refractivity contribution in [3.63, 3.8) is 0 Å². The standard InChI is InChI=1S/C30H28FN3O5/c1-37-27-13-10-21(15-26(27)31)17-33(22-11-8-20(16-32)9-12-22)14-4-7-28-38-18-23(19-39-28)34-29(35)24-5-2-3-6-25(24)30(34)36/h2-3,5-6,8-13,15,23,28H,4,7,14,17-19H2,1H3/t23-,28-. The molecule has 0 bridgehead atoms. The topological polar surface area (TPSA) is 92.1 Å². The Morgan fingerprint density at radius 1 is 1.03 bits per heavy atom. The fourth-order valence-corrected chi connectivity index (χ4v) is 4.91. The summed E-state index contributed by atoms with van der Waals surface area (Å²) >= 11 is 0. The van der Waals surface area contributed by atoms with Crippen molar-refractivity contribution >= 4 is 17.5 Å². The smallest absolute Gasteiger partial charge is 0.261 e. The van der Waals surface area contributed by atoms with Crippen LogP contribution < -0.4 is 9.64 Å². The van der Waals surface area contributed by atoms with Crippen LogP contribution in [0.2, 0.25) is 0 Å². The van der Waals surface area contributed by atoms with E-state index in [1.165, 1.54) is 18.1 Å². The van der Waals surface area contributed by atoms with E-state index in [9.17, 15) is 14.0 Å². The highest BCUT2D eigenvalue weighted by Gasteiger charge is 2.41. The van der Waals surface area contributed by atoms with Crippen LogP contribution in [0.3, 0.4) is 0 Å². The molecule has 0 atom stereocenters. The van der Waals surface area contributed by atoms with Crippen LogP contribution in [-0.2, 0) is 16.0 Å². The summed E-state index contributed by atoms with van der Waals surface area (Å²) in [6.07, 6.45) is 0.845. The largest absolute Gasteiger partial charge is 0.494 e. The Morgan fingerprint density at radius 3 is 2.28 bits per heavy atom. The van der Waals surface area contributed by atoms with E-state index in [-0.39, 0.29) is 30.8 Å². The number of nitriles is 1. The molecule has 39 heavy (non-hydrogen) atoms. The average molecular weight is 530 g/mol. The van der Waals surface area contributed by atoms with Gasteiger partial charge in [0.2, 0.25) is 0 Å². The fraction of sp³-hybridized carbons (Fsp3) is 0.300. The van der Waals surface area contributed by atoms with Crippen molar-refractivity contribution in [2.75, 3.05) is 31.8 Å². The molecule has 3 aromatic rings. The molecule has 0 radical (unpaired) electrons. The lowest BCUT2D eigenvalue weighted by molar-refractivity contribution is -0.199. The van der Waals surface area contributed by atoms with Crippen LogP contribution in [0.25, 0.3) is 0 Å². The van der Waals surface area contributed by atoms with Crippen molar-refractivity contribution in [1.82, 2.24) is 4.90 Å². The summed E-state index contributed by atoms with van der Waals surface area (Å²) in [6, 6.07) is 20.6. The minimum atomic E-state index is -0.478. The van der Waals surface area contributed by atoms with E-state index in [0.717, 1.165) is 11.3 Å². The van der Waals surface area contributed by atoms with Gasteiger partial charge in [-0.3, -0.25) is 14.5 Å². The highest BCUT2D eigenvalue weighted by molar-refractivity contribution is 6.21. The van der Waals surface area contributed by atoms with Crippen molar-refractivity contribution in [1.29, 1.82) is 5.26 Å². The van der Waals surface area contributed by atoms with Gasteiger partial charge in [0.25, 0.3) is 11.8 Å². The summed E-state index contributed by atoms with van der Waals surface area (Å²) in [6.45, 7) is 1.51. The number of ether oxygens (including phenoxy) is 3. The molecule has 0 unspecified atom stereocenters. The number of benzene rings is 3. The van der Waals surface area contributed by atoms with Crippen LogP contribution in [0.5, 0.6) is 5.75 Å². The van der Waals surface area contributed by atoms with Crippen LogP contribution in [0, 0.1) is 17.1 Å². The maximum Gasteiger partial charge on any atom is 0.261 e. The van der Waals surface area contributed by atoms with Gasteiger partial charge in [-0.25, -0.2) is 4.39 Å². The molecule has 2 amide bonds. The van der Waals surface area contributed by atoms with Crippen molar-refractivity contribution in [2.24, 2.45) is 0 Å². The predicted octanol–water partition coefficient (Wildman–Crippen LogP) is 4.53. The number of hydrogen-bond donors (Lipinski definition) is 0. The molecule has 1 fully saturated rings. The summed E-state index contributed by atoms with van der Waals surface area (Å²) in [5.74, 6) is -0.875. The van der Waals surface area contributed by atoms with Gasteiger partial charge in [0, 0.05) is 25.2 Å². The van der Waals surface area contributed by atoms with Crippen LogP contribution in [0.15, 0.2) is 66.7 Å². The second-order valence-corrected chi connectivity index (χ2v) is 9.47. The van der Waals surface area contributed by atoms with Gasteiger partial charge >= 0.3 is 0 Å². The lowest BCUT2D eigenvalue weighted by atomic mass is 10.1. The van der Waals surface area contributed by atoms with Gasteiger partial charge in [-0.1, -0.05) is 18.2 Å². The zero-order valence-corrected chi connectivity index (χ0v) is 21.5. The summed E-state index contributed by atoms with van der Waals surface area (Å²) < 4.78 is 31.1. The van der Waals surface area contributed by atoms with Gasteiger partial charge in [0.05, 0.1) is 49.1 Å². The molecule has 5 rings (SSSR count). The molecule has 8 nitrogen and oxygen atoms in total. The number of hydrogen-bond acceptors (Lipinski definition) is 7. The van der Waals surface area contributed by atoms with E-state index >= 15 is 0 Å². The number of carbonyl (C=O) groups excluding carboxylic acids is 2. The molecule has 3 aromatic carbocycles. The van der Waals surface area contributed by atoms with Crippen molar-refractivity contribution in [3.8, 4) is 11.8 Å². The van der Waals surface area contributed by atoms with Gasteiger partial charge in [0.15, 0.2) is 17.9 Å². The number of amides is 2. The number of halogens is 1. The average Bonchev–Trinajstić information content (AvgIpc) is 3.22. The fourth-order valence-electron chi connectivity index (χ4n) is 4.91. The van der Waals surface area contributed by atoms with Gasteiger partial charge in [-0.05, 0) is 60.5 Å². The van der Waals surface area contributed by atoms with E-state index in [4.69, 9.17) is 19.5 Å². The molecular formula is C30H28FN3O5. The molecule has 9 heteroatoms. The molecule has 2 heterocycles. The van der Waals surface area contributed by atoms with E-state index in [1.807, 2.05) is 18.2 Å². The molecule has 0 spiro atoms. The molecule has 0 aliphatic carbocycles. The van der Waals surface area contributed by atoms with Gasteiger partial charge in [0.1, 0.15) is 0 Å². The maximum absolute atomic E-state index is 14.3. The quantitative estimate of drug-likeness (QED) is 0.376. The normalized spacial score (nSPS) is 18.5. The summed E-state index contributed by atoms with van der Waals surface area (Å²) in [7, 11) is 1.43. The Hall–Kier alpha value is -4.26. The zero-order valence-electron chi connectivity index (χ0n) is 21.5. The molecule has 1 saturated heterocycles. The Kier molecular flexibility index (Phi) is 7.87. The number of anilines is 1. The van der Waals surface area contributed by atoms with Gasteiger partial charge in [-0.2, -0.15) is 5.26 Å². The first-order valence-electron chi connectivity index (χ1n) is 12.8. The summed E-state index contributed by atoms with van der Waals surface area (Å²) in [5, 5.41) is 9.15. The van der Waals surface area contributed by atoms with Crippen LogP contribution in [-0.4, -0.2) is 55.9 Å². The monoisotopic (exact) mass is 529 g/mol. The summed E-state index contributed by atoms with van der Waals surface area (Å²) in [4.78, 5) is 28.9. The lowest BCUT2D eigenvalue weighted by Gasteiger charge is -2.34. The van der Waals surface area contributed by atoms with Gasteiger partial charge in [-0.15, -0.1) is 0 Å². The molecule has 2 aliphatic rings. The Bertz CT molecular complexity index is 1360.